The van der Waals surface area contributed by atoms with E-state index in [0.717, 1.165) is 6.07 Å². The Hall–Kier alpha value is -1.56. The third kappa shape index (κ3) is 9.72. The molecule has 0 aliphatic carbocycles. The van der Waals surface area contributed by atoms with Gasteiger partial charge in [0, 0.05) is 64.7 Å². The predicted octanol–water partition coefficient (Wildman–Crippen LogP) is 4.94. The fourth-order valence-corrected chi connectivity index (χ4v) is 5.16. The Morgan fingerprint density at radius 3 is 1.31 bits per heavy atom. The third-order valence-corrected chi connectivity index (χ3v) is 6.65. The van der Waals surface area contributed by atoms with Crippen molar-refractivity contribution in [2.75, 3.05) is 0 Å². The SMILES string of the molecule is C(=Cc1ccccc1)c1ccccc1.O=S(=O)(O)c1cccc(-c2ccccc2)c1S(=O)(=O)O.[Na].[Na]. The van der Waals surface area contributed by atoms with Crippen molar-refractivity contribution < 1.29 is 25.9 Å². The van der Waals surface area contributed by atoms with Crippen molar-refractivity contribution in [3.8, 4) is 11.1 Å². The average molecular weight is 541 g/mol. The maximum absolute atomic E-state index is 11.5. The van der Waals surface area contributed by atoms with E-state index in [1.807, 2.05) is 36.4 Å². The van der Waals surface area contributed by atoms with Crippen molar-refractivity contribution >= 4 is 91.5 Å². The molecule has 0 saturated carbocycles. The minimum Gasteiger partial charge on any atom is -0.282 e. The van der Waals surface area contributed by atoms with Crippen molar-refractivity contribution in [3.05, 3.63) is 120 Å². The summed E-state index contributed by atoms with van der Waals surface area (Å²) in [6, 6.07) is 32.2. The van der Waals surface area contributed by atoms with Crippen molar-refractivity contribution in [3.63, 3.8) is 0 Å². The van der Waals surface area contributed by atoms with Crippen LogP contribution in [0.1, 0.15) is 11.1 Å². The van der Waals surface area contributed by atoms with Crippen LogP contribution in [0.2, 0.25) is 0 Å². The topological polar surface area (TPSA) is 109 Å². The average Bonchev–Trinajstić information content (AvgIpc) is 2.83. The molecule has 4 rings (SSSR count). The quantitative estimate of drug-likeness (QED) is 0.211. The first-order chi connectivity index (χ1) is 16.2. The van der Waals surface area contributed by atoms with E-state index in [4.69, 9.17) is 4.55 Å². The summed E-state index contributed by atoms with van der Waals surface area (Å²) < 4.78 is 63.9. The van der Waals surface area contributed by atoms with Gasteiger partial charge in [-0.2, -0.15) is 16.8 Å². The zero-order valence-electron chi connectivity index (χ0n) is 19.9. The van der Waals surface area contributed by atoms with Crippen LogP contribution in [0.4, 0.5) is 0 Å². The molecule has 176 valence electrons. The minimum absolute atomic E-state index is 0. The predicted molar refractivity (Wildman–Crippen MR) is 145 cm³/mol. The zero-order chi connectivity index (χ0) is 24.6. The fraction of sp³-hybridized carbons (Fsp3) is 0. The molecule has 6 nitrogen and oxygen atoms in total. The van der Waals surface area contributed by atoms with Crippen molar-refractivity contribution in [1.82, 2.24) is 0 Å². The van der Waals surface area contributed by atoms with Crippen LogP contribution in [0.25, 0.3) is 23.3 Å². The van der Waals surface area contributed by atoms with Gasteiger partial charge in [0.15, 0.2) is 0 Å². The normalized spacial score (nSPS) is 10.9. The van der Waals surface area contributed by atoms with Crippen LogP contribution in [0.15, 0.2) is 119 Å². The van der Waals surface area contributed by atoms with Crippen LogP contribution in [-0.4, -0.2) is 85.1 Å². The van der Waals surface area contributed by atoms with Crippen LogP contribution in [0.5, 0.6) is 0 Å². The Labute approximate surface area is 256 Å². The molecule has 10 heteroatoms. The van der Waals surface area contributed by atoms with Crippen LogP contribution in [0, 0.1) is 0 Å². The van der Waals surface area contributed by atoms with E-state index in [9.17, 15) is 21.4 Å². The molecule has 0 spiro atoms. The van der Waals surface area contributed by atoms with Crippen LogP contribution >= 0.6 is 0 Å². The van der Waals surface area contributed by atoms with Gasteiger partial charge in [-0.25, -0.2) is 0 Å². The largest absolute Gasteiger partial charge is 0.296 e. The van der Waals surface area contributed by atoms with Gasteiger partial charge in [-0.3, -0.25) is 9.11 Å². The smallest absolute Gasteiger partial charge is 0.282 e. The maximum Gasteiger partial charge on any atom is 0.296 e. The first-order valence-electron chi connectivity index (χ1n) is 10.1. The molecule has 0 heterocycles. The molecule has 0 aliphatic rings. The molecule has 0 amide bonds. The molecule has 0 saturated heterocycles. The van der Waals surface area contributed by atoms with E-state index in [1.54, 1.807) is 30.3 Å². The summed E-state index contributed by atoms with van der Waals surface area (Å²) in [6.45, 7) is 0. The molecule has 0 atom stereocenters. The maximum atomic E-state index is 11.5. The van der Waals surface area contributed by atoms with Gasteiger partial charge < -0.3 is 0 Å². The molecule has 0 aliphatic heterocycles. The summed E-state index contributed by atoms with van der Waals surface area (Å²) in [5.41, 5.74) is 2.85. The van der Waals surface area contributed by atoms with E-state index in [0.29, 0.717) is 5.56 Å². The molecule has 36 heavy (non-hydrogen) atoms. The van der Waals surface area contributed by atoms with Gasteiger partial charge in [-0.15, -0.1) is 0 Å². The van der Waals surface area contributed by atoms with E-state index < -0.39 is 30.0 Å². The van der Waals surface area contributed by atoms with Crippen LogP contribution < -0.4 is 0 Å². The van der Waals surface area contributed by atoms with Crippen molar-refractivity contribution in [2.45, 2.75) is 9.79 Å². The molecule has 0 unspecified atom stereocenters. The number of hydrogen-bond donors (Lipinski definition) is 2. The van der Waals surface area contributed by atoms with Gasteiger partial charge >= 0.3 is 0 Å². The van der Waals surface area contributed by atoms with Crippen LogP contribution in [0.3, 0.4) is 0 Å². The molecule has 2 radical (unpaired) electrons. The summed E-state index contributed by atoms with van der Waals surface area (Å²) in [6.07, 6.45) is 4.24. The molecular formula is C26H22Na2O6S2. The first kappa shape index (κ1) is 32.5. The summed E-state index contributed by atoms with van der Waals surface area (Å²) in [7, 11) is -9.62. The Balaban J connectivity index is 0.000000359. The fourth-order valence-electron chi connectivity index (χ4n) is 3.15. The zero-order valence-corrected chi connectivity index (χ0v) is 25.5. The minimum atomic E-state index is -4.83. The van der Waals surface area contributed by atoms with Gasteiger partial charge in [-0.05, 0) is 22.8 Å². The number of benzene rings is 4. The molecule has 0 fully saturated rings. The monoisotopic (exact) mass is 540 g/mol. The number of rotatable bonds is 5. The molecular weight excluding hydrogens is 518 g/mol. The third-order valence-electron chi connectivity index (χ3n) is 4.67. The van der Waals surface area contributed by atoms with Gasteiger partial charge in [-0.1, -0.05) is 115 Å². The van der Waals surface area contributed by atoms with Gasteiger partial charge in [0.05, 0.1) is 0 Å². The Kier molecular flexibility index (Phi) is 13.5. The Bertz CT molecular complexity index is 1430. The van der Waals surface area contributed by atoms with Crippen molar-refractivity contribution in [2.24, 2.45) is 0 Å². The molecule has 0 bridgehead atoms. The number of hydrogen-bond acceptors (Lipinski definition) is 4. The van der Waals surface area contributed by atoms with E-state index in [-0.39, 0.29) is 64.7 Å². The van der Waals surface area contributed by atoms with Gasteiger partial charge in [0.2, 0.25) is 0 Å². The molecule has 2 N–H and O–H groups in total. The summed E-state index contributed by atoms with van der Waals surface area (Å²) >= 11 is 0. The summed E-state index contributed by atoms with van der Waals surface area (Å²) in [4.78, 5) is -1.70. The first-order valence-corrected chi connectivity index (χ1v) is 13.0. The Morgan fingerprint density at radius 1 is 0.500 bits per heavy atom. The molecule has 4 aromatic carbocycles. The van der Waals surface area contributed by atoms with E-state index in [1.165, 1.54) is 23.3 Å². The standard InChI is InChI=1S/C14H12.C12H10O6S2.2Na/c1-3-7-13(8-4-1)11-12-14-9-5-2-6-10-14;13-19(14,15)11-8-4-7-10(12(11)20(16,17)18)9-5-2-1-3-6-9;;/h1-12H;1-8H,(H,13,14,15)(H,16,17,18);;. The van der Waals surface area contributed by atoms with E-state index >= 15 is 0 Å². The Morgan fingerprint density at radius 2 is 0.917 bits per heavy atom. The summed E-state index contributed by atoms with van der Waals surface area (Å²) in [5.74, 6) is 0. The van der Waals surface area contributed by atoms with Gasteiger partial charge in [0.1, 0.15) is 9.79 Å². The van der Waals surface area contributed by atoms with Crippen LogP contribution in [-0.2, 0) is 20.2 Å². The second-order valence-electron chi connectivity index (χ2n) is 7.10. The molecule has 0 aromatic heterocycles. The van der Waals surface area contributed by atoms with E-state index in [2.05, 4.69) is 36.4 Å². The summed E-state index contributed by atoms with van der Waals surface area (Å²) in [5, 5.41) is 0. The van der Waals surface area contributed by atoms with Gasteiger partial charge in [0.25, 0.3) is 20.2 Å². The second-order valence-corrected chi connectivity index (χ2v) is 9.85. The van der Waals surface area contributed by atoms with Crippen molar-refractivity contribution in [1.29, 1.82) is 0 Å². The second kappa shape index (κ2) is 15.0. The molecule has 4 aromatic rings.